The number of aromatic nitrogens is 3. The Morgan fingerprint density at radius 2 is 2.25 bits per heavy atom. The Labute approximate surface area is 122 Å². The largest absolute Gasteiger partial charge is 0.375 e. The summed E-state index contributed by atoms with van der Waals surface area (Å²) in [5.41, 5.74) is 5.66. The summed E-state index contributed by atoms with van der Waals surface area (Å²) >= 11 is 1.58. The molecule has 0 radical (unpaired) electrons. The van der Waals surface area contributed by atoms with Gasteiger partial charge >= 0.3 is 0 Å². The second-order valence-corrected chi connectivity index (χ2v) is 6.12. The van der Waals surface area contributed by atoms with E-state index in [0.29, 0.717) is 11.2 Å². The number of likely N-dealkylation sites (tertiary alicyclic amines) is 1. The van der Waals surface area contributed by atoms with Crippen molar-refractivity contribution in [2.24, 2.45) is 0 Å². The van der Waals surface area contributed by atoms with Gasteiger partial charge in [0, 0.05) is 42.9 Å². The first-order chi connectivity index (χ1) is 9.79. The molecule has 0 bridgehead atoms. The van der Waals surface area contributed by atoms with E-state index in [2.05, 4.69) is 25.4 Å². The summed E-state index contributed by atoms with van der Waals surface area (Å²) in [6.45, 7) is 3.11. The second-order valence-electron chi connectivity index (χ2n) is 4.97. The molecule has 2 aromatic heterocycles. The van der Waals surface area contributed by atoms with Gasteiger partial charge in [-0.05, 0) is 25.0 Å². The normalized spacial score (nSPS) is 17.2. The molecule has 7 heteroatoms. The lowest BCUT2D eigenvalue weighted by Gasteiger charge is -2.32. The third kappa shape index (κ3) is 3.43. The van der Waals surface area contributed by atoms with E-state index in [1.54, 1.807) is 17.5 Å². The van der Waals surface area contributed by atoms with Crippen LogP contribution in [0.2, 0.25) is 0 Å². The topological polar surface area (TPSA) is 80.0 Å². The number of nitrogens with zero attached hydrogens (tertiary/aromatic N) is 4. The van der Waals surface area contributed by atoms with Gasteiger partial charge in [-0.15, -0.1) is 16.4 Å². The van der Waals surface area contributed by atoms with E-state index >= 15 is 0 Å². The standard InChI is InChI=1S/C13H18N6S/c14-13-15-8-11(20-13)9-19-6-3-10(4-7-19)17-12-2-1-5-16-18-12/h1-2,5,8,10H,3-4,6-7,9H2,(H2,14,15)(H,17,18). The van der Waals surface area contributed by atoms with Crippen molar-refractivity contribution < 1.29 is 0 Å². The van der Waals surface area contributed by atoms with Gasteiger partial charge in [-0.1, -0.05) is 0 Å². The molecule has 1 saturated heterocycles. The summed E-state index contributed by atoms with van der Waals surface area (Å²) in [5.74, 6) is 0.862. The number of piperidine rings is 1. The van der Waals surface area contributed by atoms with Crippen LogP contribution in [-0.2, 0) is 6.54 Å². The molecular weight excluding hydrogens is 272 g/mol. The van der Waals surface area contributed by atoms with Gasteiger partial charge in [-0.3, -0.25) is 4.90 Å². The Kier molecular flexibility index (Phi) is 4.08. The van der Waals surface area contributed by atoms with Gasteiger partial charge in [0.15, 0.2) is 5.13 Å². The number of nitrogen functional groups attached to an aromatic ring is 1. The zero-order chi connectivity index (χ0) is 13.8. The fourth-order valence-corrected chi connectivity index (χ4v) is 3.17. The Hall–Kier alpha value is -1.73. The molecule has 0 saturated carbocycles. The molecule has 1 fully saturated rings. The highest BCUT2D eigenvalue weighted by atomic mass is 32.1. The lowest BCUT2D eigenvalue weighted by atomic mass is 10.1. The van der Waals surface area contributed by atoms with Crippen molar-refractivity contribution in [3.8, 4) is 0 Å². The summed E-state index contributed by atoms with van der Waals surface area (Å²) in [4.78, 5) is 7.78. The Balaban J connectivity index is 1.47. The molecule has 3 N–H and O–H groups in total. The molecule has 0 aromatic carbocycles. The number of hydrogen-bond acceptors (Lipinski definition) is 7. The number of hydrogen-bond donors (Lipinski definition) is 2. The highest BCUT2D eigenvalue weighted by Crippen LogP contribution is 2.20. The molecule has 6 nitrogen and oxygen atoms in total. The van der Waals surface area contributed by atoms with Crippen LogP contribution in [-0.4, -0.2) is 39.2 Å². The molecule has 0 spiro atoms. The van der Waals surface area contributed by atoms with Crippen molar-refractivity contribution in [3.63, 3.8) is 0 Å². The molecule has 3 heterocycles. The smallest absolute Gasteiger partial charge is 0.180 e. The summed E-state index contributed by atoms with van der Waals surface area (Å²) in [6, 6.07) is 4.34. The van der Waals surface area contributed by atoms with Crippen molar-refractivity contribution in [2.45, 2.75) is 25.4 Å². The second kappa shape index (κ2) is 6.15. The van der Waals surface area contributed by atoms with E-state index in [1.165, 1.54) is 4.88 Å². The molecule has 2 aromatic rings. The number of nitrogens with one attached hydrogen (secondary N) is 1. The Bertz CT molecular complexity index is 535. The van der Waals surface area contributed by atoms with Gasteiger partial charge in [0.25, 0.3) is 0 Å². The Morgan fingerprint density at radius 1 is 1.40 bits per heavy atom. The quantitative estimate of drug-likeness (QED) is 0.890. The molecular formula is C13H18N6S. The molecule has 1 aliphatic heterocycles. The zero-order valence-corrected chi connectivity index (χ0v) is 12.0. The number of rotatable bonds is 4. The molecule has 0 amide bonds. The fraction of sp³-hybridized carbons (Fsp3) is 0.462. The average molecular weight is 290 g/mol. The van der Waals surface area contributed by atoms with Gasteiger partial charge in [-0.2, -0.15) is 5.10 Å². The van der Waals surface area contributed by atoms with Crippen molar-refractivity contribution in [1.82, 2.24) is 20.1 Å². The first-order valence-corrected chi connectivity index (χ1v) is 7.58. The van der Waals surface area contributed by atoms with E-state index in [0.717, 1.165) is 38.3 Å². The van der Waals surface area contributed by atoms with Gasteiger partial charge in [0.05, 0.1) is 0 Å². The summed E-state index contributed by atoms with van der Waals surface area (Å²) in [7, 11) is 0. The maximum Gasteiger partial charge on any atom is 0.180 e. The maximum atomic E-state index is 5.66. The lowest BCUT2D eigenvalue weighted by Crippen LogP contribution is -2.38. The SMILES string of the molecule is Nc1ncc(CN2CCC(Nc3cccnn3)CC2)s1. The van der Waals surface area contributed by atoms with Crippen molar-refractivity contribution in [3.05, 3.63) is 29.4 Å². The minimum atomic E-state index is 0.481. The van der Waals surface area contributed by atoms with Crippen LogP contribution in [0.4, 0.5) is 10.9 Å². The van der Waals surface area contributed by atoms with Crippen LogP contribution in [0.1, 0.15) is 17.7 Å². The first kappa shape index (κ1) is 13.3. The van der Waals surface area contributed by atoms with E-state index < -0.39 is 0 Å². The van der Waals surface area contributed by atoms with E-state index in [4.69, 9.17) is 5.73 Å². The highest BCUT2D eigenvalue weighted by molar-refractivity contribution is 7.15. The monoisotopic (exact) mass is 290 g/mol. The number of thiazole rings is 1. The Morgan fingerprint density at radius 3 is 2.90 bits per heavy atom. The molecule has 106 valence electrons. The van der Waals surface area contributed by atoms with Crippen LogP contribution in [0.15, 0.2) is 24.5 Å². The lowest BCUT2D eigenvalue weighted by molar-refractivity contribution is 0.212. The van der Waals surface area contributed by atoms with Crippen LogP contribution in [0.5, 0.6) is 0 Å². The highest BCUT2D eigenvalue weighted by Gasteiger charge is 2.19. The van der Waals surface area contributed by atoms with Crippen LogP contribution in [0.3, 0.4) is 0 Å². The minimum Gasteiger partial charge on any atom is -0.375 e. The predicted octanol–water partition coefficient (Wildman–Crippen LogP) is 1.59. The third-order valence-corrected chi connectivity index (χ3v) is 4.27. The maximum absolute atomic E-state index is 5.66. The predicted molar refractivity (Wildman–Crippen MR) is 80.5 cm³/mol. The number of nitrogens with two attached hydrogens (primary N) is 1. The fourth-order valence-electron chi connectivity index (χ4n) is 2.44. The van der Waals surface area contributed by atoms with Crippen LogP contribution < -0.4 is 11.1 Å². The molecule has 3 rings (SSSR count). The van der Waals surface area contributed by atoms with Crippen LogP contribution >= 0.6 is 11.3 Å². The summed E-state index contributed by atoms with van der Waals surface area (Å²) in [5, 5.41) is 12.0. The van der Waals surface area contributed by atoms with E-state index in [-0.39, 0.29) is 0 Å². The van der Waals surface area contributed by atoms with Crippen LogP contribution in [0.25, 0.3) is 0 Å². The van der Waals surface area contributed by atoms with Crippen molar-refractivity contribution >= 4 is 22.3 Å². The molecule has 1 aliphatic rings. The number of anilines is 2. The van der Waals surface area contributed by atoms with Crippen molar-refractivity contribution in [1.29, 1.82) is 0 Å². The van der Waals surface area contributed by atoms with E-state index in [9.17, 15) is 0 Å². The molecule has 20 heavy (non-hydrogen) atoms. The van der Waals surface area contributed by atoms with Gasteiger partial charge in [0.2, 0.25) is 0 Å². The average Bonchev–Trinajstić information content (AvgIpc) is 2.88. The minimum absolute atomic E-state index is 0.481. The summed E-state index contributed by atoms with van der Waals surface area (Å²) < 4.78 is 0. The molecule has 0 aliphatic carbocycles. The summed E-state index contributed by atoms with van der Waals surface area (Å²) in [6.07, 6.45) is 5.80. The van der Waals surface area contributed by atoms with Crippen molar-refractivity contribution in [2.75, 3.05) is 24.1 Å². The molecule has 0 unspecified atom stereocenters. The van der Waals surface area contributed by atoms with Gasteiger partial charge < -0.3 is 11.1 Å². The van der Waals surface area contributed by atoms with Gasteiger partial charge in [0.1, 0.15) is 5.82 Å². The van der Waals surface area contributed by atoms with Gasteiger partial charge in [-0.25, -0.2) is 4.98 Å². The zero-order valence-electron chi connectivity index (χ0n) is 11.2. The molecule has 0 atom stereocenters. The van der Waals surface area contributed by atoms with E-state index in [1.807, 2.05) is 18.3 Å². The third-order valence-electron chi connectivity index (χ3n) is 3.46. The first-order valence-electron chi connectivity index (χ1n) is 6.76. The van der Waals surface area contributed by atoms with Crippen LogP contribution in [0, 0.1) is 0 Å².